The lowest BCUT2D eigenvalue weighted by molar-refractivity contribution is 0.0320. The van der Waals surface area contributed by atoms with E-state index < -0.39 is 23.3 Å². The molecule has 0 amide bonds. The van der Waals surface area contributed by atoms with Gasteiger partial charge in [-0.1, -0.05) is 25.1 Å². The highest BCUT2D eigenvalue weighted by atomic mass is 16.5. The van der Waals surface area contributed by atoms with E-state index in [-0.39, 0.29) is 16.5 Å². The van der Waals surface area contributed by atoms with Crippen LogP contribution in [0.2, 0.25) is 0 Å². The molecule has 0 radical (unpaired) electrons. The van der Waals surface area contributed by atoms with Gasteiger partial charge < -0.3 is 9.72 Å². The Bertz CT molecular complexity index is 1340. The number of aromatic amines is 2. The minimum absolute atomic E-state index is 0.202. The number of benzene rings is 2. The maximum atomic E-state index is 12.8. The van der Waals surface area contributed by atoms with E-state index in [2.05, 4.69) is 20.2 Å². The summed E-state index contributed by atoms with van der Waals surface area (Å²) < 4.78 is 6.48. The normalized spacial score (nSPS) is 12.1. The lowest BCUT2D eigenvalue weighted by Gasteiger charge is -2.11. The number of carbonyl (C=O) groups excluding carboxylic acids is 1. The molecule has 2 aromatic heterocycles. The number of ether oxygens (including phenoxy) is 1. The number of nitrogens with one attached hydrogen (secondary N) is 2. The number of aromatic nitrogens is 5. The van der Waals surface area contributed by atoms with Gasteiger partial charge in [0.05, 0.1) is 22.2 Å². The van der Waals surface area contributed by atoms with Crippen LogP contribution in [0.3, 0.4) is 0 Å². The number of hydrogen-bond donors (Lipinski definition) is 2. The van der Waals surface area contributed by atoms with Gasteiger partial charge in [0.25, 0.3) is 5.56 Å². The molecular weight excluding hydrogens is 386 g/mol. The van der Waals surface area contributed by atoms with E-state index in [0.717, 1.165) is 4.57 Å². The van der Waals surface area contributed by atoms with Crippen molar-refractivity contribution in [2.75, 3.05) is 0 Å². The smallest absolute Gasteiger partial charge is 0.338 e. The summed E-state index contributed by atoms with van der Waals surface area (Å²) in [6.07, 6.45) is 0.0292. The van der Waals surface area contributed by atoms with Gasteiger partial charge in [0.1, 0.15) is 5.82 Å². The molecule has 0 bridgehead atoms. The highest BCUT2D eigenvalue weighted by Crippen LogP contribution is 2.17. The van der Waals surface area contributed by atoms with E-state index >= 15 is 0 Å². The van der Waals surface area contributed by atoms with Crippen molar-refractivity contribution in [3.05, 3.63) is 86.6 Å². The van der Waals surface area contributed by atoms with Crippen LogP contribution in [0.15, 0.2) is 58.1 Å². The molecule has 4 aromatic rings. The van der Waals surface area contributed by atoms with E-state index in [4.69, 9.17) is 4.74 Å². The van der Waals surface area contributed by atoms with E-state index in [1.54, 1.807) is 37.3 Å². The van der Waals surface area contributed by atoms with Gasteiger partial charge in [0, 0.05) is 6.42 Å². The Labute approximate surface area is 170 Å². The van der Waals surface area contributed by atoms with Gasteiger partial charge in [-0.15, -0.1) is 0 Å². The van der Waals surface area contributed by atoms with Gasteiger partial charge in [-0.05, 0) is 37.3 Å². The summed E-state index contributed by atoms with van der Waals surface area (Å²) in [4.78, 5) is 44.8. The van der Waals surface area contributed by atoms with Crippen LogP contribution >= 0.6 is 0 Å². The van der Waals surface area contributed by atoms with Gasteiger partial charge in [-0.2, -0.15) is 5.10 Å². The first kappa shape index (κ1) is 19.3. The molecule has 2 heterocycles. The third-order valence-electron chi connectivity index (χ3n) is 4.68. The number of esters is 1. The second-order valence-electron chi connectivity index (χ2n) is 6.71. The molecule has 4 rings (SSSR count). The first-order valence-corrected chi connectivity index (χ1v) is 9.44. The van der Waals surface area contributed by atoms with Crippen LogP contribution in [0.5, 0.6) is 0 Å². The van der Waals surface area contributed by atoms with Crippen LogP contribution < -0.4 is 11.2 Å². The predicted molar refractivity (Wildman–Crippen MR) is 110 cm³/mol. The Hall–Kier alpha value is -4.01. The van der Waals surface area contributed by atoms with Gasteiger partial charge in [0.2, 0.25) is 0 Å². The summed E-state index contributed by atoms with van der Waals surface area (Å²) in [5, 5.41) is 7.10. The number of carbonyl (C=O) groups is 1. The molecule has 0 fully saturated rings. The molecule has 0 saturated carbocycles. The first-order valence-electron chi connectivity index (χ1n) is 9.44. The average Bonchev–Trinajstić information content (AvgIpc) is 3.23. The minimum atomic E-state index is -0.658. The largest absolute Gasteiger partial charge is 0.451 e. The molecule has 0 aliphatic rings. The van der Waals surface area contributed by atoms with E-state index in [1.807, 2.05) is 6.92 Å². The number of para-hydroxylation sites is 1. The number of nitrogens with zero attached hydrogens (tertiary/aromatic N) is 3. The summed E-state index contributed by atoms with van der Waals surface area (Å²) >= 11 is 0. The van der Waals surface area contributed by atoms with Crippen LogP contribution in [0.1, 0.15) is 42.0 Å². The minimum Gasteiger partial charge on any atom is -0.451 e. The fourth-order valence-corrected chi connectivity index (χ4v) is 3.09. The van der Waals surface area contributed by atoms with Gasteiger partial charge >= 0.3 is 11.7 Å². The van der Waals surface area contributed by atoms with Crippen LogP contribution in [0, 0.1) is 0 Å². The number of hydrogen-bond acceptors (Lipinski definition) is 6. The number of aryl methyl sites for hydroxylation is 1. The zero-order chi connectivity index (χ0) is 21.3. The van der Waals surface area contributed by atoms with Crippen LogP contribution in [0.4, 0.5) is 0 Å². The summed E-state index contributed by atoms with van der Waals surface area (Å²) in [5.74, 6) is 0.464. The molecule has 2 N–H and O–H groups in total. The summed E-state index contributed by atoms with van der Waals surface area (Å²) in [7, 11) is 0. The molecule has 2 aromatic carbocycles. The zero-order valence-electron chi connectivity index (χ0n) is 16.4. The molecule has 9 heteroatoms. The van der Waals surface area contributed by atoms with Gasteiger partial charge in [-0.25, -0.2) is 19.1 Å². The third-order valence-corrected chi connectivity index (χ3v) is 4.68. The summed E-state index contributed by atoms with van der Waals surface area (Å²) in [6.45, 7) is 3.60. The molecule has 0 spiro atoms. The molecule has 30 heavy (non-hydrogen) atoms. The maximum Gasteiger partial charge on any atom is 0.338 e. The fraction of sp³-hybridized carbons (Fsp3) is 0.190. The maximum absolute atomic E-state index is 12.8. The Balaban J connectivity index is 1.66. The Kier molecular flexibility index (Phi) is 5.01. The van der Waals surface area contributed by atoms with Crippen LogP contribution in [0.25, 0.3) is 16.6 Å². The highest BCUT2D eigenvalue weighted by Gasteiger charge is 2.19. The fourth-order valence-electron chi connectivity index (χ4n) is 3.09. The number of rotatable bonds is 5. The zero-order valence-corrected chi connectivity index (χ0v) is 16.4. The SMILES string of the molecule is CCc1nc(C(C)OC(=O)c2ccc3c(=O)n(-c4ccccc4)c(=O)[nH]c3c2)n[nH]1. The monoisotopic (exact) mass is 405 g/mol. The quantitative estimate of drug-likeness (QED) is 0.491. The van der Waals surface area contributed by atoms with Crippen molar-refractivity contribution >= 4 is 16.9 Å². The van der Waals surface area contributed by atoms with E-state index in [0.29, 0.717) is 23.8 Å². The highest BCUT2D eigenvalue weighted by molar-refractivity contribution is 5.94. The first-order chi connectivity index (χ1) is 14.5. The molecule has 1 unspecified atom stereocenters. The van der Waals surface area contributed by atoms with E-state index in [9.17, 15) is 14.4 Å². The van der Waals surface area contributed by atoms with Crippen LogP contribution in [-0.4, -0.2) is 30.7 Å². The topological polar surface area (TPSA) is 123 Å². The predicted octanol–water partition coefficient (Wildman–Crippen LogP) is 2.28. The number of H-pyrrole nitrogens is 2. The Morgan fingerprint density at radius 1 is 1.17 bits per heavy atom. The standard InChI is InChI=1S/C21H19N5O4/c1-3-17-23-18(25-24-17)12(2)30-20(28)13-9-10-15-16(11-13)22-21(29)26(19(15)27)14-7-5-4-6-8-14/h4-12H,3H2,1-2H3,(H,22,29)(H,23,24,25). The molecule has 1 atom stereocenters. The second-order valence-corrected chi connectivity index (χ2v) is 6.71. The molecule has 0 aliphatic carbocycles. The van der Waals surface area contributed by atoms with Crippen LogP contribution in [-0.2, 0) is 11.2 Å². The van der Waals surface area contributed by atoms with Gasteiger partial charge in [0.15, 0.2) is 11.9 Å². The lowest BCUT2D eigenvalue weighted by Crippen LogP contribution is -2.33. The van der Waals surface area contributed by atoms with Crippen molar-refractivity contribution in [1.29, 1.82) is 0 Å². The third kappa shape index (κ3) is 3.52. The van der Waals surface area contributed by atoms with Gasteiger partial charge in [-0.3, -0.25) is 9.89 Å². The average molecular weight is 405 g/mol. The molecular formula is C21H19N5O4. The molecule has 0 aliphatic heterocycles. The Morgan fingerprint density at radius 3 is 2.63 bits per heavy atom. The van der Waals surface area contributed by atoms with Crippen molar-refractivity contribution in [3.63, 3.8) is 0 Å². The molecule has 152 valence electrons. The number of fused-ring (bicyclic) bond motifs is 1. The second kappa shape index (κ2) is 7.78. The van der Waals surface area contributed by atoms with Crippen molar-refractivity contribution in [2.24, 2.45) is 0 Å². The van der Waals surface area contributed by atoms with Crippen molar-refractivity contribution in [3.8, 4) is 5.69 Å². The van der Waals surface area contributed by atoms with Crippen molar-refractivity contribution in [1.82, 2.24) is 24.7 Å². The van der Waals surface area contributed by atoms with Crippen molar-refractivity contribution in [2.45, 2.75) is 26.4 Å². The van der Waals surface area contributed by atoms with E-state index in [1.165, 1.54) is 18.2 Å². The Morgan fingerprint density at radius 2 is 1.93 bits per heavy atom. The van der Waals surface area contributed by atoms with Crippen molar-refractivity contribution < 1.29 is 9.53 Å². The lowest BCUT2D eigenvalue weighted by atomic mass is 10.1. The summed E-state index contributed by atoms with van der Waals surface area (Å²) in [5.41, 5.74) is -0.147. The summed E-state index contributed by atoms with van der Waals surface area (Å²) in [6, 6.07) is 13.0. The molecule has 9 nitrogen and oxygen atoms in total. The molecule has 0 saturated heterocycles.